The van der Waals surface area contributed by atoms with Crippen LogP contribution in [0.25, 0.3) is 11.6 Å². The van der Waals surface area contributed by atoms with Crippen molar-refractivity contribution in [3.63, 3.8) is 0 Å². The van der Waals surface area contributed by atoms with Crippen molar-refractivity contribution >= 4 is 5.91 Å². The largest absolute Gasteiger partial charge is 0.435 e. The number of carbonyl (C=O) groups is 1. The van der Waals surface area contributed by atoms with Crippen LogP contribution in [0.3, 0.4) is 0 Å². The Bertz CT molecular complexity index is 1160. The van der Waals surface area contributed by atoms with Gasteiger partial charge >= 0.3 is 6.61 Å². The first-order valence-electron chi connectivity index (χ1n) is 9.54. The summed E-state index contributed by atoms with van der Waals surface area (Å²) in [5.41, 5.74) is 5.10. The third-order valence-corrected chi connectivity index (χ3v) is 5.35. The topological polar surface area (TPSA) is 113 Å². The molecule has 1 amide bonds. The molecule has 0 aliphatic heterocycles. The number of primary amides is 1. The summed E-state index contributed by atoms with van der Waals surface area (Å²) < 4.78 is 30.9. The molecule has 2 heterocycles. The highest BCUT2D eigenvalue weighted by Gasteiger charge is 2.48. The molecule has 0 bridgehead atoms. The number of nitrogens with zero attached hydrogens (tertiary/aromatic N) is 4. The van der Waals surface area contributed by atoms with Crippen molar-refractivity contribution < 1.29 is 18.3 Å². The van der Waals surface area contributed by atoms with Crippen LogP contribution in [0.2, 0.25) is 0 Å². The van der Waals surface area contributed by atoms with Crippen LogP contribution < -0.4 is 16.0 Å². The second-order valence-corrected chi connectivity index (χ2v) is 7.61. The van der Waals surface area contributed by atoms with Gasteiger partial charge in [0.1, 0.15) is 11.4 Å². The van der Waals surface area contributed by atoms with Gasteiger partial charge < -0.3 is 10.5 Å². The maximum Gasteiger partial charge on any atom is 0.387 e. The maximum absolute atomic E-state index is 13.2. The highest BCUT2D eigenvalue weighted by atomic mass is 19.3. The zero-order chi connectivity index (χ0) is 22.2. The van der Waals surface area contributed by atoms with Crippen LogP contribution in [0.5, 0.6) is 5.75 Å². The van der Waals surface area contributed by atoms with Crippen LogP contribution in [-0.4, -0.2) is 32.0 Å². The van der Waals surface area contributed by atoms with E-state index in [-0.39, 0.29) is 28.5 Å². The second kappa shape index (κ2) is 7.86. The number of alkyl halides is 2. The van der Waals surface area contributed by atoms with Gasteiger partial charge in [0.05, 0.1) is 6.04 Å². The molecule has 8 nitrogen and oxygen atoms in total. The van der Waals surface area contributed by atoms with Crippen LogP contribution in [0, 0.1) is 5.41 Å². The van der Waals surface area contributed by atoms with Gasteiger partial charge in [-0.15, -0.1) is 0 Å². The molecule has 1 saturated carbocycles. The number of carbonyl (C=O) groups excluding carboxylic acids is 1. The van der Waals surface area contributed by atoms with Gasteiger partial charge in [0, 0.05) is 18.5 Å². The number of nitrogens with two attached hydrogens (primary N) is 1. The number of halogens is 2. The van der Waals surface area contributed by atoms with Crippen molar-refractivity contribution in [2.45, 2.75) is 32.4 Å². The molecule has 1 fully saturated rings. The summed E-state index contributed by atoms with van der Waals surface area (Å²) in [4.78, 5) is 37.6. The molecule has 2 aromatic heterocycles. The van der Waals surface area contributed by atoms with E-state index in [1.54, 1.807) is 18.2 Å². The van der Waals surface area contributed by atoms with Crippen molar-refractivity contribution in [2.75, 3.05) is 0 Å². The molecule has 0 spiro atoms. The Morgan fingerprint density at radius 3 is 2.39 bits per heavy atom. The molecule has 3 aromatic rings. The molecule has 1 aliphatic rings. The molecule has 1 aliphatic carbocycles. The van der Waals surface area contributed by atoms with Crippen LogP contribution >= 0.6 is 0 Å². The zero-order valence-electron chi connectivity index (χ0n) is 16.5. The van der Waals surface area contributed by atoms with Crippen molar-refractivity contribution in [1.29, 1.82) is 0 Å². The molecule has 0 saturated heterocycles. The molecule has 0 radical (unpaired) electrons. The third-order valence-electron chi connectivity index (χ3n) is 5.35. The minimum absolute atomic E-state index is 0.0135. The molecule has 31 heavy (non-hydrogen) atoms. The lowest BCUT2D eigenvalue weighted by Gasteiger charge is -2.28. The quantitative estimate of drug-likeness (QED) is 0.620. The predicted molar refractivity (Wildman–Crippen MR) is 107 cm³/mol. The lowest BCUT2D eigenvalue weighted by Crippen LogP contribution is -2.34. The SMILES string of the molecule is CC1([C@H](c2ccc(OC(F)F)cc2)n2c(-c3ncccn3)nc(C(N)=O)cc2=O)CC1. The maximum atomic E-state index is 13.2. The lowest BCUT2D eigenvalue weighted by atomic mass is 9.91. The van der Waals surface area contributed by atoms with Gasteiger partial charge in [0.25, 0.3) is 11.5 Å². The Hall–Kier alpha value is -3.69. The molecule has 1 atom stereocenters. The highest BCUT2D eigenvalue weighted by molar-refractivity contribution is 5.91. The molecule has 2 N–H and O–H groups in total. The monoisotopic (exact) mass is 427 g/mol. The number of rotatable bonds is 7. The first kappa shape index (κ1) is 20.6. The Balaban J connectivity index is 1.90. The van der Waals surface area contributed by atoms with Gasteiger partial charge in [-0.25, -0.2) is 15.0 Å². The average Bonchev–Trinajstić information content (AvgIpc) is 3.48. The van der Waals surface area contributed by atoms with Gasteiger partial charge in [-0.2, -0.15) is 8.78 Å². The third kappa shape index (κ3) is 4.14. The Morgan fingerprint density at radius 1 is 1.19 bits per heavy atom. The average molecular weight is 427 g/mol. The van der Waals surface area contributed by atoms with Crippen molar-refractivity contribution in [1.82, 2.24) is 19.5 Å². The Morgan fingerprint density at radius 2 is 1.84 bits per heavy atom. The Labute approximate surface area is 175 Å². The van der Waals surface area contributed by atoms with Gasteiger partial charge in [0.2, 0.25) is 0 Å². The fraction of sp³-hybridized carbons (Fsp3) is 0.286. The summed E-state index contributed by atoms with van der Waals surface area (Å²) >= 11 is 0. The zero-order valence-corrected chi connectivity index (χ0v) is 16.5. The summed E-state index contributed by atoms with van der Waals surface area (Å²) in [7, 11) is 0. The number of amides is 1. The molecular formula is C21H19F2N5O3. The number of aromatic nitrogens is 4. The van der Waals surface area contributed by atoms with E-state index in [4.69, 9.17) is 5.73 Å². The van der Waals surface area contributed by atoms with Crippen LogP contribution in [0.15, 0.2) is 53.6 Å². The molecule has 0 unspecified atom stereocenters. The van der Waals surface area contributed by atoms with E-state index < -0.39 is 24.1 Å². The molecule has 160 valence electrons. The van der Waals surface area contributed by atoms with E-state index in [2.05, 4.69) is 19.7 Å². The van der Waals surface area contributed by atoms with Crippen molar-refractivity contribution in [3.8, 4) is 17.4 Å². The van der Waals surface area contributed by atoms with Crippen LogP contribution in [0.1, 0.15) is 41.9 Å². The van der Waals surface area contributed by atoms with Crippen molar-refractivity contribution in [3.05, 3.63) is 70.4 Å². The predicted octanol–water partition coefficient (Wildman–Crippen LogP) is 2.79. The van der Waals surface area contributed by atoms with Crippen LogP contribution in [-0.2, 0) is 0 Å². The van der Waals surface area contributed by atoms with E-state index in [0.29, 0.717) is 5.56 Å². The standard InChI is InChI=1S/C21H19F2N5O3/c1-21(7-8-21)16(12-3-5-13(6-4-12)31-20(22)23)28-15(29)11-14(17(24)30)27-19(28)18-25-9-2-10-26-18/h2-6,9-11,16,20H,7-8H2,1H3,(H2,24,30)/t16-/m0/s1. The van der Waals surface area contributed by atoms with Gasteiger partial charge in [-0.1, -0.05) is 19.1 Å². The fourth-order valence-electron chi connectivity index (χ4n) is 3.60. The van der Waals surface area contributed by atoms with E-state index in [1.165, 1.54) is 29.1 Å². The van der Waals surface area contributed by atoms with Gasteiger partial charge in [0.15, 0.2) is 11.6 Å². The minimum atomic E-state index is -2.93. The van der Waals surface area contributed by atoms with Gasteiger partial charge in [-0.05, 0) is 42.0 Å². The molecular weight excluding hydrogens is 408 g/mol. The number of hydrogen-bond acceptors (Lipinski definition) is 6. The summed E-state index contributed by atoms with van der Waals surface area (Å²) in [5.74, 6) is -0.564. The number of hydrogen-bond donors (Lipinski definition) is 1. The molecule has 4 rings (SSSR count). The van der Waals surface area contributed by atoms with Crippen molar-refractivity contribution in [2.24, 2.45) is 11.1 Å². The first-order chi connectivity index (χ1) is 14.8. The summed E-state index contributed by atoms with van der Waals surface area (Å²) in [6, 6.07) is 8.33. The fourth-order valence-corrected chi connectivity index (χ4v) is 3.60. The van der Waals surface area contributed by atoms with E-state index >= 15 is 0 Å². The number of ether oxygens (including phenoxy) is 1. The van der Waals surface area contributed by atoms with Crippen LogP contribution in [0.4, 0.5) is 8.78 Å². The number of benzene rings is 1. The smallest absolute Gasteiger partial charge is 0.387 e. The minimum Gasteiger partial charge on any atom is -0.435 e. The van der Waals surface area contributed by atoms with E-state index in [9.17, 15) is 18.4 Å². The summed E-state index contributed by atoms with van der Waals surface area (Å²) in [6.45, 7) is -0.914. The summed E-state index contributed by atoms with van der Waals surface area (Å²) in [6.07, 6.45) is 4.68. The Kier molecular flexibility index (Phi) is 5.22. The lowest BCUT2D eigenvalue weighted by molar-refractivity contribution is -0.0498. The normalized spacial score (nSPS) is 15.5. The van der Waals surface area contributed by atoms with E-state index in [1.807, 2.05) is 6.92 Å². The first-order valence-corrected chi connectivity index (χ1v) is 9.54. The van der Waals surface area contributed by atoms with E-state index in [0.717, 1.165) is 18.9 Å². The molecule has 10 heteroatoms. The molecule has 1 aromatic carbocycles. The second-order valence-electron chi connectivity index (χ2n) is 7.61. The van der Waals surface area contributed by atoms with Gasteiger partial charge in [-0.3, -0.25) is 14.2 Å². The summed E-state index contributed by atoms with van der Waals surface area (Å²) in [5, 5.41) is 0. The highest BCUT2D eigenvalue weighted by Crippen LogP contribution is 2.56.